The zero-order chi connectivity index (χ0) is 75.0. The maximum absolute atomic E-state index is 14.7. The molecule has 484 valence electrons. The summed E-state index contributed by atoms with van der Waals surface area (Å²) in [5, 5.41) is 116. The van der Waals surface area contributed by atoms with Crippen molar-refractivity contribution in [2.24, 2.45) is 11.7 Å². The largest absolute Gasteiger partial charge is 1.00 e. The molecular formula is C56H70N9NaO23S. The summed E-state index contributed by atoms with van der Waals surface area (Å²) in [6.45, 7) is -6.52. The van der Waals surface area contributed by atoms with E-state index in [1.54, 1.807) is 0 Å². The number of nitrogens with two attached hydrogens (primary N) is 1. The third kappa shape index (κ3) is 17.8. The number of benzene rings is 3. The number of phenolic OH excluding ortho intramolecular Hbond substituents is 1. The normalized spacial score (nSPS) is 28.7. The van der Waals surface area contributed by atoms with E-state index in [-0.39, 0.29) is 57.7 Å². The van der Waals surface area contributed by atoms with E-state index in [1.807, 2.05) is 16.0 Å². The second-order valence-electron chi connectivity index (χ2n) is 20.9. The number of amides is 8. The minimum absolute atomic E-state index is 0. The van der Waals surface area contributed by atoms with Crippen molar-refractivity contribution in [2.45, 2.75) is 144 Å². The number of fused-ring (bicyclic) bond motifs is 2. The van der Waals surface area contributed by atoms with Crippen LogP contribution in [0.15, 0.2) is 77.3 Å². The summed E-state index contributed by atoms with van der Waals surface area (Å²) in [6, 6.07) is -0.369. The molecule has 3 saturated heterocycles. The van der Waals surface area contributed by atoms with Crippen molar-refractivity contribution >= 4 is 57.7 Å². The number of hydrogen-bond donors (Lipinski definition) is 15. The van der Waals surface area contributed by atoms with Crippen LogP contribution in [0.1, 0.15) is 96.2 Å². The molecule has 4 aromatic rings. The van der Waals surface area contributed by atoms with Crippen LogP contribution >= 0.6 is 0 Å². The van der Waals surface area contributed by atoms with E-state index in [1.165, 1.54) is 49.4 Å². The molecular weight excluding hydrogens is 1220 g/mol. The summed E-state index contributed by atoms with van der Waals surface area (Å²) < 4.78 is 136. The van der Waals surface area contributed by atoms with Gasteiger partial charge in [-0.15, -0.1) is 0 Å². The van der Waals surface area contributed by atoms with E-state index in [4.69, 9.17) is 30.1 Å². The number of ether oxygens (including phenoxy) is 1. The minimum atomic E-state index is -5.64. The third-order valence-corrected chi connectivity index (χ3v) is 14.9. The molecule has 0 bridgehead atoms. The molecule has 32 nitrogen and oxygen atoms in total. The molecule has 15 atom stereocenters. The zero-order valence-electron chi connectivity index (χ0n) is 58.7. The van der Waals surface area contributed by atoms with Gasteiger partial charge in [-0.2, -0.15) is 0 Å². The third-order valence-electron chi connectivity index (χ3n) is 14.5. The fourth-order valence-electron chi connectivity index (χ4n) is 9.91. The van der Waals surface area contributed by atoms with E-state index >= 15 is 0 Å². The molecule has 1 aromatic heterocycles. The van der Waals surface area contributed by atoms with Crippen molar-refractivity contribution in [3.8, 4) is 39.8 Å². The number of carbonyl (C=O) groups excluding carboxylic acids is 8. The number of carbonyl (C=O) groups is 8. The van der Waals surface area contributed by atoms with Gasteiger partial charge in [0.05, 0.1) is 40.1 Å². The molecule has 4 heterocycles. The van der Waals surface area contributed by atoms with Gasteiger partial charge in [0.15, 0.2) is 23.5 Å². The summed E-state index contributed by atoms with van der Waals surface area (Å²) in [5.41, 5.74) is 5.05. The Balaban J connectivity index is 0.0000161. The topological polar surface area (TPSA) is 513 Å². The summed E-state index contributed by atoms with van der Waals surface area (Å²) in [7, 11) is -5.64. The Morgan fingerprint density at radius 1 is 0.833 bits per heavy atom. The van der Waals surface area contributed by atoms with Gasteiger partial charge >= 0.3 is 29.6 Å². The molecule has 16 N–H and O–H groups in total. The van der Waals surface area contributed by atoms with Crippen LogP contribution in [0.25, 0.3) is 22.6 Å². The standard InChI is InChI=1S/C56H71N9O23S.Na/c1-4-5-6-17-86-32-14-11-28(12-15-32)39-21-33(63-87-39)27-7-9-29(10-8-27)49(75)58-34-20-38(70)52(78)62-54(80)45-46(72)25(2)23-65(45)56(82)43(37(69)22-41(57)71)60-53(79)44(48(74)47(73)30-13-16-36(68)40(18-30)88-89(83,84)85)61-51(77)35-19-31(67)24-64(35)55(81)42(26(3)66)59-50(34)76;/h7-16,18,21,25-26,31,34-35,37-38,42-48,52,66-70,72-74,78H,4-6,17,19-20,22-24H2,1-3H3,(H2,57,71)(H,58,75)(H,59,76)(H,60,79)(H,61,77)(H,62,80)(H,83,84,85);/q;+1/p-1/t25-,26+,31+,34-,35-,37+,38+,42?,43-,44?,45-,46-,47-,48-,52+;/m0./s1/i1D3,4D2,5D2,6D2,17D2;. The molecule has 34 heteroatoms. The average Bonchev–Trinajstić information content (AvgIpc) is 1.48. The molecule has 8 amide bonds. The molecule has 0 aliphatic carbocycles. The summed E-state index contributed by atoms with van der Waals surface area (Å²) >= 11 is 0. The zero-order valence-corrected chi connectivity index (χ0v) is 50.5. The van der Waals surface area contributed by atoms with E-state index < -0.39 is 236 Å². The second kappa shape index (κ2) is 31.1. The smallest absolute Gasteiger partial charge is 0.716 e. The SMILES string of the molecule is [2H]C([2H])([2H])C([2H])([2H])C([2H])([2H])C([2H])([2H])C([2H])([2H])Oc1ccc(-c2cc(-c3ccc(C(=O)N[C@H]4C[C@@H](O)[C@@H](O)NC(=O)[C@@H]5[C@@H](O)[C@@H](C)CN5C(=O)[C@H]([C@H](O)CC(N)=O)NC(=O)C([C@H](O)[C@@H](O)c5ccc(O)c(OS(=O)(=O)[O-])c5)NC(=O)[C@@H]5C[C@@H](O)CN5C(=O)C([C@@H](C)O)NC4=O)cc3)no2)cc1.[Na+]. The maximum atomic E-state index is 14.7. The number of aromatic hydroxyl groups is 1. The number of rotatable bonds is 18. The van der Waals surface area contributed by atoms with E-state index in [2.05, 4.69) is 20.0 Å². The Hall–Kier alpha value is -7.38. The van der Waals surface area contributed by atoms with Crippen molar-refractivity contribution in [2.75, 3.05) is 19.6 Å². The number of hydrogen-bond acceptors (Lipinski definition) is 24. The first-order valence-corrected chi connectivity index (χ1v) is 28.2. The average molecular weight is 1300 g/mol. The Labute approximate surface area is 551 Å². The van der Waals surface area contributed by atoms with Crippen LogP contribution in [-0.2, 0) is 44.0 Å². The van der Waals surface area contributed by atoms with E-state index in [0.717, 1.165) is 25.1 Å². The first-order valence-electron chi connectivity index (χ1n) is 32.3. The second-order valence-corrected chi connectivity index (χ2v) is 21.9. The predicted octanol–water partition coefficient (Wildman–Crippen LogP) is -7.24. The Bertz CT molecular complexity index is 3850. The molecule has 0 radical (unpaired) electrons. The number of aliphatic hydroxyl groups is 8. The number of aliphatic hydroxyl groups excluding tert-OH is 8. The van der Waals surface area contributed by atoms with E-state index in [9.17, 15) is 97.3 Å². The van der Waals surface area contributed by atoms with Crippen molar-refractivity contribution in [3.05, 3.63) is 83.9 Å². The molecule has 3 fully saturated rings. The molecule has 90 heavy (non-hydrogen) atoms. The van der Waals surface area contributed by atoms with Crippen LogP contribution in [0.2, 0.25) is 0 Å². The van der Waals surface area contributed by atoms with Crippen LogP contribution in [0.4, 0.5) is 0 Å². The summed E-state index contributed by atoms with van der Waals surface area (Å²) in [4.78, 5) is 115. The van der Waals surface area contributed by atoms with Gasteiger partial charge in [-0.1, -0.05) is 49.9 Å². The predicted molar refractivity (Wildman–Crippen MR) is 302 cm³/mol. The fraction of sp³-hybridized carbons (Fsp3) is 0.482. The van der Waals surface area contributed by atoms with Crippen molar-refractivity contribution in [3.63, 3.8) is 0 Å². The Morgan fingerprint density at radius 3 is 2.12 bits per heavy atom. The number of nitrogens with zero attached hydrogens (tertiary/aromatic N) is 3. The van der Waals surface area contributed by atoms with Crippen LogP contribution in [0.3, 0.4) is 0 Å². The van der Waals surface area contributed by atoms with Gasteiger partial charge in [0, 0.05) is 66.9 Å². The molecule has 3 aromatic carbocycles. The Morgan fingerprint density at radius 2 is 1.48 bits per heavy atom. The van der Waals surface area contributed by atoms with Gasteiger partial charge in [0.1, 0.15) is 66.0 Å². The Kier molecular flexibility index (Phi) is 19.6. The van der Waals surface area contributed by atoms with Crippen molar-refractivity contribution in [1.29, 1.82) is 0 Å². The van der Waals surface area contributed by atoms with Crippen molar-refractivity contribution in [1.82, 2.24) is 41.5 Å². The minimum Gasteiger partial charge on any atom is -0.716 e. The van der Waals surface area contributed by atoms with Gasteiger partial charge in [-0.05, 0) is 67.4 Å². The quantitative estimate of drug-likeness (QED) is 0.0250. The first kappa shape index (κ1) is 56.6. The van der Waals surface area contributed by atoms with Gasteiger partial charge in [-0.25, -0.2) is 8.42 Å². The molecule has 3 aliphatic rings. The van der Waals surface area contributed by atoms with Gasteiger partial charge < -0.3 is 106 Å². The van der Waals surface area contributed by atoms with Crippen LogP contribution in [-0.4, -0.2) is 220 Å². The monoisotopic (exact) mass is 1300 g/mol. The molecule has 0 saturated carbocycles. The number of phenols is 1. The molecule has 7 rings (SSSR count). The molecule has 0 spiro atoms. The number of primary amides is 1. The van der Waals surface area contributed by atoms with E-state index in [0.29, 0.717) is 21.9 Å². The van der Waals surface area contributed by atoms with Gasteiger partial charge in [0.2, 0.25) is 41.4 Å². The first-order chi connectivity index (χ1) is 46.1. The fourth-order valence-corrected chi connectivity index (χ4v) is 10.3. The van der Waals surface area contributed by atoms with Gasteiger partial charge in [-0.3, -0.25) is 38.4 Å². The molecule has 2 unspecified atom stereocenters. The van der Waals surface area contributed by atoms with Crippen LogP contribution in [0, 0.1) is 5.92 Å². The summed E-state index contributed by atoms with van der Waals surface area (Å²) in [5.74, 6) is -15.1. The van der Waals surface area contributed by atoms with Crippen LogP contribution < -0.4 is 70.8 Å². The van der Waals surface area contributed by atoms with Crippen molar-refractivity contribution < 1.29 is 155 Å². The summed E-state index contributed by atoms with van der Waals surface area (Å²) in [6.07, 6.45) is -32.8. The van der Waals surface area contributed by atoms with Crippen LogP contribution in [0.5, 0.6) is 17.2 Å². The maximum Gasteiger partial charge on any atom is 1.00 e. The number of aromatic nitrogens is 1. The number of nitrogens with one attached hydrogen (secondary N) is 5. The molecule has 3 aliphatic heterocycles. The van der Waals surface area contributed by atoms with Gasteiger partial charge in [0.25, 0.3) is 16.3 Å².